The van der Waals surface area contributed by atoms with E-state index in [1.165, 1.54) is 0 Å². The molecule has 42 heavy (non-hydrogen) atoms. The first-order valence-electron chi connectivity index (χ1n) is 14.4. The van der Waals surface area contributed by atoms with Crippen LogP contribution in [-0.4, -0.2) is 105 Å². The Morgan fingerprint density at radius 2 is 1.83 bits per heavy atom. The molecular formula is C30H40ClN7O4. The number of nitrogen functional groups attached to an aromatic ring is 1. The second kappa shape index (κ2) is 13.7. The number of aliphatic hydroxyl groups excluding tert-OH is 1. The fraction of sp³-hybridized carbons (Fsp3) is 0.533. The number of aromatic nitrogens is 2. The lowest BCUT2D eigenvalue weighted by molar-refractivity contribution is 0.0490. The number of hydrogen-bond donors (Lipinski definition) is 4. The topological polar surface area (TPSA) is 148 Å². The molecule has 0 bridgehead atoms. The summed E-state index contributed by atoms with van der Waals surface area (Å²) in [6.45, 7) is 8.88. The van der Waals surface area contributed by atoms with Crippen LogP contribution in [-0.2, 0) is 0 Å². The lowest BCUT2D eigenvalue weighted by Crippen LogP contribution is -2.58. The molecule has 0 unspecified atom stereocenters. The monoisotopic (exact) mass is 597 g/mol. The second-order valence-electron chi connectivity index (χ2n) is 11.2. The van der Waals surface area contributed by atoms with Gasteiger partial charge < -0.3 is 31.1 Å². The average molecular weight is 598 g/mol. The summed E-state index contributed by atoms with van der Waals surface area (Å²) in [5.74, 6) is 5.67. The van der Waals surface area contributed by atoms with Crippen LogP contribution in [0.3, 0.4) is 0 Å². The molecule has 0 saturated carbocycles. The van der Waals surface area contributed by atoms with Gasteiger partial charge in [-0.1, -0.05) is 30.4 Å². The third-order valence-electron chi connectivity index (χ3n) is 7.64. The minimum Gasteiger partial charge on any atom is -0.395 e. The molecular weight excluding hydrogens is 558 g/mol. The van der Waals surface area contributed by atoms with Gasteiger partial charge in [0.15, 0.2) is 22.5 Å². The smallest absolute Gasteiger partial charge is 0.273 e. The van der Waals surface area contributed by atoms with Gasteiger partial charge in [0.2, 0.25) is 0 Å². The number of carbonyl (C=O) groups is 2. The number of aliphatic hydroxyl groups is 2. The van der Waals surface area contributed by atoms with Crippen molar-refractivity contribution in [2.75, 3.05) is 56.5 Å². The average Bonchev–Trinajstić information content (AvgIpc) is 2.99. The summed E-state index contributed by atoms with van der Waals surface area (Å²) in [6.07, 6.45) is 2.71. The zero-order chi connectivity index (χ0) is 30.4. The van der Waals surface area contributed by atoms with Crippen LogP contribution in [0.4, 0.5) is 11.6 Å². The van der Waals surface area contributed by atoms with E-state index in [0.717, 1.165) is 31.4 Å². The number of benzene rings is 1. The SMILES string of the molecule is CC[C@H]1CN(c2nc(N)c(C(=O)NCCO)nc2Cl)CCN1C1CCN(C(=O)c2ccc(C#CC(C)(C)O)cc2)CC1. The van der Waals surface area contributed by atoms with Crippen LogP contribution in [0.15, 0.2) is 24.3 Å². The van der Waals surface area contributed by atoms with Crippen molar-refractivity contribution in [1.82, 2.24) is 25.1 Å². The minimum atomic E-state index is -1.07. The van der Waals surface area contributed by atoms with E-state index in [0.29, 0.717) is 43.6 Å². The normalized spacial score (nSPS) is 18.4. The van der Waals surface area contributed by atoms with Gasteiger partial charge in [-0.25, -0.2) is 9.97 Å². The molecule has 0 spiro atoms. The Kier molecular flexibility index (Phi) is 10.3. The van der Waals surface area contributed by atoms with Crippen molar-refractivity contribution in [2.24, 2.45) is 0 Å². The summed E-state index contributed by atoms with van der Waals surface area (Å²) < 4.78 is 0. The summed E-state index contributed by atoms with van der Waals surface area (Å²) in [4.78, 5) is 40.6. The van der Waals surface area contributed by atoms with E-state index in [2.05, 4.69) is 43.8 Å². The predicted octanol–water partition coefficient (Wildman–Crippen LogP) is 1.76. The lowest BCUT2D eigenvalue weighted by Gasteiger charge is -2.47. The van der Waals surface area contributed by atoms with Crippen LogP contribution in [0.5, 0.6) is 0 Å². The first-order valence-corrected chi connectivity index (χ1v) is 14.8. The van der Waals surface area contributed by atoms with Gasteiger partial charge in [-0.15, -0.1) is 0 Å². The molecule has 2 aromatic rings. The van der Waals surface area contributed by atoms with Crippen LogP contribution in [0.1, 0.15) is 66.4 Å². The van der Waals surface area contributed by atoms with Crippen LogP contribution in [0, 0.1) is 11.8 Å². The summed E-state index contributed by atoms with van der Waals surface area (Å²) in [5.41, 5.74) is 6.33. The molecule has 1 atom stereocenters. The van der Waals surface area contributed by atoms with Crippen LogP contribution < -0.4 is 16.0 Å². The zero-order valence-corrected chi connectivity index (χ0v) is 25.2. The minimum absolute atomic E-state index is 0.00552. The van der Waals surface area contributed by atoms with Gasteiger partial charge in [0.25, 0.3) is 11.8 Å². The molecule has 3 heterocycles. The maximum absolute atomic E-state index is 13.2. The Labute approximate surface area is 252 Å². The number of hydrogen-bond acceptors (Lipinski definition) is 9. The van der Waals surface area contributed by atoms with Crippen molar-refractivity contribution < 1.29 is 19.8 Å². The third-order valence-corrected chi connectivity index (χ3v) is 7.89. The Morgan fingerprint density at radius 3 is 2.45 bits per heavy atom. The van der Waals surface area contributed by atoms with Gasteiger partial charge in [-0.2, -0.15) is 0 Å². The van der Waals surface area contributed by atoms with Crippen LogP contribution in [0.2, 0.25) is 5.15 Å². The molecule has 5 N–H and O–H groups in total. The Balaban J connectivity index is 1.34. The molecule has 2 saturated heterocycles. The van der Waals surface area contributed by atoms with Gasteiger partial charge in [-0.05, 0) is 57.4 Å². The highest BCUT2D eigenvalue weighted by molar-refractivity contribution is 6.32. The molecule has 226 valence electrons. The molecule has 0 radical (unpaired) electrons. The van der Waals surface area contributed by atoms with Crippen molar-refractivity contribution in [3.05, 3.63) is 46.2 Å². The number of rotatable bonds is 7. The van der Waals surface area contributed by atoms with Crippen molar-refractivity contribution in [3.63, 3.8) is 0 Å². The van der Waals surface area contributed by atoms with E-state index in [-0.39, 0.29) is 41.8 Å². The number of carbonyl (C=O) groups excluding carboxylic acids is 2. The number of nitrogens with two attached hydrogens (primary N) is 1. The Hall–Kier alpha value is -3.43. The quantitative estimate of drug-likeness (QED) is 0.350. The van der Waals surface area contributed by atoms with Gasteiger partial charge in [0, 0.05) is 62.5 Å². The van der Waals surface area contributed by atoms with Crippen molar-refractivity contribution in [1.29, 1.82) is 0 Å². The highest BCUT2D eigenvalue weighted by atomic mass is 35.5. The van der Waals surface area contributed by atoms with Gasteiger partial charge >= 0.3 is 0 Å². The van der Waals surface area contributed by atoms with Crippen molar-refractivity contribution in [2.45, 2.75) is 57.7 Å². The lowest BCUT2D eigenvalue weighted by atomic mass is 9.97. The van der Waals surface area contributed by atoms with Gasteiger partial charge in [0.1, 0.15) is 5.60 Å². The maximum atomic E-state index is 13.2. The van der Waals surface area contributed by atoms with Crippen LogP contribution in [0.25, 0.3) is 0 Å². The summed E-state index contributed by atoms with van der Waals surface area (Å²) in [6, 6.07) is 7.84. The molecule has 1 aromatic heterocycles. The number of piperidine rings is 1. The Bertz CT molecular complexity index is 1330. The molecule has 4 rings (SSSR count). The first kappa shape index (κ1) is 31.5. The number of anilines is 2. The number of amides is 2. The van der Waals surface area contributed by atoms with E-state index in [1.54, 1.807) is 26.0 Å². The number of likely N-dealkylation sites (tertiary alicyclic amines) is 1. The molecule has 2 aliphatic heterocycles. The Morgan fingerprint density at radius 1 is 1.14 bits per heavy atom. The van der Waals surface area contributed by atoms with Gasteiger partial charge in [-0.3, -0.25) is 14.5 Å². The van der Waals surface area contributed by atoms with Gasteiger partial charge in [0.05, 0.1) is 6.61 Å². The highest BCUT2D eigenvalue weighted by Crippen LogP contribution is 2.30. The van der Waals surface area contributed by atoms with E-state index in [9.17, 15) is 14.7 Å². The van der Waals surface area contributed by atoms with E-state index in [4.69, 9.17) is 22.4 Å². The zero-order valence-electron chi connectivity index (χ0n) is 24.4. The summed E-state index contributed by atoms with van der Waals surface area (Å²) in [5, 5.41) is 21.4. The fourth-order valence-electron chi connectivity index (χ4n) is 5.45. The fourth-order valence-corrected chi connectivity index (χ4v) is 5.70. The summed E-state index contributed by atoms with van der Waals surface area (Å²) in [7, 11) is 0. The molecule has 1 aromatic carbocycles. The third kappa shape index (κ3) is 7.69. The van der Waals surface area contributed by atoms with Crippen LogP contribution >= 0.6 is 11.6 Å². The number of nitrogens with zero attached hydrogens (tertiary/aromatic N) is 5. The number of piperazine rings is 1. The largest absolute Gasteiger partial charge is 0.395 e. The molecule has 2 aliphatic rings. The first-order chi connectivity index (χ1) is 20.0. The number of nitrogens with one attached hydrogen (secondary N) is 1. The van der Waals surface area contributed by atoms with Crippen molar-refractivity contribution >= 4 is 35.1 Å². The summed E-state index contributed by atoms with van der Waals surface area (Å²) >= 11 is 6.46. The molecule has 2 amide bonds. The van der Waals surface area contributed by atoms with E-state index < -0.39 is 11.5 Å². The maximum Gasteiger partial charge on any atom is 0.273 e. The predicted molar refractivity (Wildman–Crippen MR) is 162 cm³/mol. The number of halogens is 1. The molecule has 11 nitrogen and oxygen atoms in total. The molecule has 12 heteroatoms. The molecule has 0 aliphatic carbocycles. The second-order valence-corrected chi connectivity index (χ2v) is 11.6. The molecule has 2 fully saturated rings. The van der Waals surface area contributed by atoms with E-state index >= 15 is 0 Å². The van der Waals surface area contributed by atoms with E-state index in [1.807, 2.05) is 17.0 Å². The van der Waals surface area contributed by atoms with Crippen molar-refractivity contribution in [3.8, 4) is 11.8 Å². The standard InChI is InChI=1S/C30H40ClN7O4/c1-4-22-19-37(27-25(31)34-24(26(32)35-27)28(40)33-13-18-39)16-17-38(22)23-10-14-36(15-11-23)29(41)21-7-5-20(6-8-21)9-12-30(2,3)42/h5-8,22-23,39,42H,4,10-11,13-19H2,1-3H3,(H2,32,35)(H,33,40)/t22-/m0/s1. The highest BCUT2D eigenvalue weighted by Gasteiger charge is 2.35.